The number of benzene rings is 1. The van der Waals surface area contributed by atoms with Gasteiger partial charge in [0.05, 0.1) is 4.90 Å². The average Bonchev–Trinajstić information content (AvgIpc) is 2.26. The molecule has 112 valence electrons. The van der Waals surface area contributed by atoms with E-state index in [0.717, 1.165) is 4.47 Å². The van der Waals surface area contributed by atoms with Crippen LogP contribution in [0.2, 0.25) is 0 Å². The first-order valence-corrected chi connectivity index (χ1v) is 8.90. The Bertz CT molecular complexity index is 601. The number of carboxylic acids is 1. The smallest absolute Gasteiger partial charge is 0.321 e. The molecular formula is C12H15Br2NO4S. The highest BCUT2D eigenvalue weighted by Gasteiger charge is 2.27. The van der Waals surface area contributed by atoms with Gasteiger partial charge in [0.2, 0.25) is 10.0 Å². The van der Waals surface area contributed by atoms with Gasteiger partial charge in [-0.1, -0.05) is 29.8 Å². The van der Waals surface area contributed by atoms with Crippen LogP contribution in [-0.2, 0) is 14.8 Å². The Morgan fingerprint density at radius 2 is 1.95 bits per heavy atom. The summed E-state index contributed by atoms with van der Waals surface area (Å²) in [4.78, 5) is 11.1. The lowest BCUT2D eigenvalue weighted by atomic mass is 10.1. The van der Waals surface area contributed by atoms with E-state index >= 15 is 0 Å². The molecule has 0 saturated carbocycles. The predicted octanol–water partition coefficient (Wildman–Crippen LogP) is 2.99. The molecule has 20 heavy (non-hydrogen) atoms. The third-order valence-corrected chi connectivity index (χ3v) is 5.43. The van der Waals surface area contributed by atoms with Gasteiger partial charge in [-0.05, 0) is 46.5 Å². The molecule has 0 aliphatic heterocycles. The number of hydrogen-bond acceptors (Lipinski definition) is 3. The van der Waals surface area contributed by atoms with Crippen LogP contribution in [0.4, 0.5) is 0 Å². The molecule has 5 nitrogen and oxygen atoms in total. The van der Waals surface area contributed by atoms with Crippen LogP contribution in [0.25, 0.3) is 0 Å². The predicted molar refractivity (Wildman–Crippen MR) is 83.0 cm³/mol. The van der Waals surface area contributed by atoms with Crippen LogP contribution >= 0.6 is 31.9 Å². The van der Waals surface area contributed by atoms with Gasteiger partial charge in [-0.15, -0.1) is 0 Å². The van der Waals surface area contributed by atoms with Gasteiger partial charge < -0.3 is 5.11 Å². The first-order chi connectivity index (χ1) is 9.13. The van der Waals surface area contributed by atoms with E-state index in [2.05, 4.69) is 36.6 Å². The summed E-state index contributed by atoms with van der Waals surface area (Å²) in [6, 6.07) is 3.44. The molecule has 2 N–H and O–H groups in total. The molecule has 0 heterocycles. The van der Waals surface area contributed by atoms with E-state index in [-0.39, 0.29) is 17.2 Å². The van der Waals surface area contributed by atoms with Crippen LogP contribution in [0.15, 0.2) is 32.0 Å². The molecule has 0 fully saturated rings. The highest BCUT2D eigenvalue weighted by molar-refractivity contribution is 9.11. The van der Waals surface area contributed by atoms with E-state index in [1.807, 2.05) is 13.8 Å². The zero-order valence-electron chi connectivity index (χ0n) is 10.9. The van der Waals surface area contributed by atoms with Crippen molar-refractivity contribution in [3.63, 3.8) is 0 Å². The minimum atomic E-state index is -3.90. The fraction of sp³-hybridized carbons (Fsp3) is 0.417. The first kappa shape index (κ1) is 17.6. The molecule has 0 aromatic heterocycles. The molecule has 1 atom stereocenters. The highest BCUT2D eigenvalue weighted by atomic mass is 79.9. The van der Waals surface area contributed by atoms with Gasteiger partial charge in [0.1, 0.15) is 6.04 Å². The van der Waals surface area contributed by atoms with Crippen molar-refractivity contribution in [3.05, 3.63) is 27.1 Å². The summed E-state index contributed by atoms with van der Waals surface area (Å²) in [7, 11) is -3.90. The third kappa shape index (κ3) is 4.83. The monoisotopic (exact) mass is 427 g/mol. The Morgan fingerprint density at radius 1 is 1.35 bits per heavy atom. The van der Waals surface area contributed by atoms with Crippen molar-refractivity contribution in [1.29, 1.82) is 0 Å². The molecule has 8 heteroatoms. The molecule has 0 unspecified atom stereocenters. The van der Waals surface area contributed by atoms with E-state index in [4.69, 9.17) is 5.11 Å². The second kappa shape index (κ2) is 7.02. The molecule has 0 radical (unpaired) electrons. The molecule has 1 aromatic carbocycles. The summed E-state index contributed by atoms with van der Waals surface area (Å²) in [5.41, 5.74) is 0. The lowest BCUT2D eigenvalue weighted by Gasteiger charge is -2.17. The van der Waals surface area contributed by atoms with Crippen LogP contribution in [0, 0.1) is 5.92 Å². The van der Waals surface area contributed by atoms with E-state index in [9.17, 15) is 13.2 Å². The largest absolute Gasteiger partial charge is 0.480 e. The van der Waals surface area contributed by atoms with Gasteiger partial charge >= 0.3 is 5.97 Å². The molecule has 0 saturated heterocycles. The van der Waals surface area contributed by atoms with Gasteiger partial charge in [-0.3, -0.25) is 4.79 Å². The Hall–Kier alpha value is -0.440. The molecule has 0 spiro atoms. The van der Waals surface area contributed by atoms with Gasteiger partial charge in [-0.2, -0.15) is 4.72 Å². The fourth-order valence-electron chi connectivity index (χ4n) is 1.61. The quantitative estimate of drug-likeness (QED) is 0.729. The van der Waals surface area contributed by atoms with Gasteiger partial charge in [0, 0.05) is 8.95 Å². The van der Waals surface area contributed by atoms with Crippen LogP contribution < -0.4 is 4.72 Å². The summed E-state index contributed by atoms with van der Waals surface area (Å²) < 4.78 is 27.8. The van der Waals surface area contributed by atoms with Crippen molar-refractivity contribution in [2.45, 2.75) is 31.2 Å². The standard InChI is InChI=1S/C12H15Br2NO4S/c1-7(2)5-10(12(16)17)15-20(18,19)11-4-3-8(13)6-9(11)14/h3-4,6-7,10,15H,5H2,1-2H3,(H,16,17)/t10-/m1/s1. The minimum Gasteiger partial charge on any atom is -0.480 e. The Morgan fingerprint density at radius 3 is 2.40 bits per heavy atom. The number of rotatable bonds is 6. The number of nitrogens with one attached hydrogen (secondary N) is 1. The van der Waals surface area contributed by atoms with E-state index < -0.39 is 22.0 Å². The average molecular weight is 429 g/mol. The molecular weight excluding hydrogens is 414 g/mol. The lowest BCUT2D eigenvalue weighted by Crippen LogP contribution is -2.41. The van der Waals surface area contributed by atoms with Crippen molar-refractivity contribution in [2.75, 3.05) is 0 Å². The third-order valence-electron chi connectivity index (χ3n) is 2.49. The van der Waals surface area contributed by atoms with E-state index in [1.54, 1.807) is 12.1 Å². The van der Waals surface area contributed by atoms with Crippen LogP contribution in [0.3, 0.4) is 0 Å². The summed E-state index contributed by atoms with van der Waals surface area (Å²) in [6.45, 7) is 3.67. The van der Waals surface area contributed by atoms with E-state index in [0.29, 0.717) is 4.47 Å². The Labute approximate surface area is 135 Å². The van der Waals surface area contributed by atoms with Gasteiger partial charge in [-0.25, -0.2) is 8.42 Å². The number of hydrogen-bond donors (Lipinski definition) is 2. The molecule has 1 rings (SSSR count). The van der Waals surface area contributed by atoms with Crippen LogP contribution in [-0.4, -0.2) is 25.5 Å². The summed E-state index contributed by atoms with van der Waals surface area (Å²) in [5.74, 6) is -1.12. The topological polar surface area (TPSA) is 83.5 Å². The number of carboxylic acid groups (broad SMARTS) is 1. The van der Waals surface area contributed by atoms with Crippen LogP contribution in [0.5, 0.6) is 0 Å². The maximum atomic E-state index is 12.2. The number of sulfonamides is 1. The number of halogens is 2. The first-order valence-electron chi connectivity index (χ1n) is 5.83. The molecule has 0 aliphatic rings. The Kier molecular flexibility index (Phi) is 6.18. The highest BCUT2D eigenvalue weighted by Crippen LogP contribution is 2.26. The summed E-state index contributed by atoms with van der Waals surface area (Å²) >= 11 is 6.39. The van der Waals surface area contributed by atoms with Crippen molar-refractivity contribution >= 4 is 47.9 Å². The molecule has 0 amide bonds. The molecule has 0 bridgehead atoms. The van der Waals surface area contributed by atoms with Gasteiger partial charge in [0.25, 0.3) is 0 Å². The maximum Gasteiger partial charge on any atom is 0.321 e. The SMILES string of the molecule is CC(C)C[C@@H](NS(=O)(=O)c1ccc(Br)cc1Br)C(=O)O. The number of aliphatic carboxylic acids is 1. The Balaban J connectivity index is 3.06. The number of carbonyl (C=O) groups is 1. The van der Waals surface area contributed by atoms with Crippen molar-refractivity contribution in [1.82, 2.24) is 4.72 Å². The molecule has 1 aromatic rings. The normalized spacial score (nSPS) is 13.4. The second-order valence-electron chi connectivity index (χ2n) is 4.72. The minimum absolute atomic E-state index is 0.00991. The zero-order valence-corrected chi connectivity index (χ0v) is 14.9. The summed E-state index contributed by atoms with van der Waals surface area (Å²) in [6.07, 6.45) is 0.225. The summed E-state index contributed by atoms with van der Waals surface area (Å²) in [5, 5.41) is 9.10. The molecule has 0 aliphatic carbocycles. The second-order valence-corrected chi connectivity index (χ2v) is 8.17. The van der Waals surface area contributed by atoms with Crippen molar-refractivity contribution in [3.8, 4) is 0 Å². The zero-order chi connectivity index (χ0) is 15.5. The lowest BCUT2D eigenvalue weighted by molar-refractivity contribution is -0.139. The van der Waals surface area contributed by atoms with Crippen molar-refractivity contribution in [2.24, 2.45) is 5.92 Å². The van der Waals surface area contributed by atoms with Crippen molar-refractivity contribution < 1.29 is 18.3 Å². The van der Waals surface area contributed by atoms with Gasteiger partial charge in [0.15, 0.2) is 0 Å². The maximum absolute atomic E-state index is 12.2. The van der Waals surface area contributed by atoms with E-state index in [1.165, 1.54) is 6.07 Å². The fourth-order valence-corrected chi connectivity index (χ4v) is 4.56. The van der Waals surface area contributed by atoms with Crippen LogP contribution in [0.1, 0.15) is 20.3 Å².